The molecule has 0 aromatic heterocycles. The van der Waals surface area contributed by atoms with Gasteiger partial charge in [-0.05, 0) is 0 Å². The van der Waals surface area contributed by atoms with E-state index in [2.05, 4.69) is 0 Å². The van der Waals surface area contributed by atoms with Crippen molar-refractivity contribution in [1.82, 2.24) is 0 Å². The van der Waals surface area contributed by atoms with E-state index in [4.69, 9.17) is 0 Å². The normalized spacial score (nSPS) is 0. The Balaban J connectivity index is 0. The number of hydrogen-bond acceptors (Lipinski definition) is 0. The fourth-order valence-corrected chi connectivity index (χ4v) is 0. The van der Waals surface area contributed by atoms with Gasteiger partial charge in [-0.15, -0.1) is 0 Å². The van der Waals surface area contributed by atoms with E-state index in [1.165, 1.54) is 0 Å². The third kappa shape index (κ3) is 10.7. The molecule has 0 aliphatic carbocycles. The van der Waals surface area contributed by atoms with Crippen molar-refractivity contribution in [2.24, 2.45) is 0 Å². The van der Waals surface area contributed by atoms with Crippen molar-refractivity contribution in [1.29, 1.82) is 0 Å². The summed E-state index contributed by atoms with van der Waals surface area (Å²) in [6.07, 6.45) is 0. The van der Waals surface area contributed by atoms with E-state index in [0.717, 1.165) is 0 Å². The van der Waals surface area contributed by atoms with Gasteiger partial charge in [0.1, 0.15) is 0 Å². The molecule has 0 saturated heterocycles. The summed E-state index contributed by atoms with van der Waals surface area (Å²) in [6, 6.07) is 0. The molecule has 0 atom stereocenters. The van der Waals surface area contributed by atoms with Gasteiger partial charge in [-0.25, -0.2) is 0 Å². The topological polar surface area (TPSA) is 28.5 Å². The zero-order valence-corrected chi connectivity index (χ0v) is 4.70. The molecule has 0 radical (unpaired) electrons. The number of hydrogen-bond donors (Lipinski definition) is 0. The van der Waals surface area contributed by atoms with Gasteiger partial charge in [0.25, 0.3) is 0 Å². The van der Waals surface area contributed by atoms with Gasteiger partial charge in [0.05, 0.1) is 0 Å². The minimum Gasteiger partial charge on any atom is -2.00 e. The number of rotatable bonds is 0. The molecule has 0 saturated carbocycles. The zero-order valence-electron chi connectivity index (χ0n) is 1.99. The van der Waals surface area contributed by atoms with Crippen LogP contribution in [0.5, 0.6) is 0 Å². The third-order valence-electron chi connectivity index (χ3n) is 0. The SMILES string of the molecule is [Al+3].[C+4].[O-2].[Ti+4]. The second kappa shape index (κ2) is 29.7. The quantitative estimate of drug-likeness (QED) is 0.372. The minimum absolute atomic E-state index is 0. The van der Waals surface area contributed by atoms with Crippen LogP contribution < -0.4 is 0 Å². The average molecular weight is 103 g/mol. The van der Waals surface area contributed by atoms with Gasteiger partial charge in [0.2, 0.25) is 0 Å². The van der Waals surface area contributed by atoms with Crippen LogP contribution in [0.25, 0.3) is 0 Å². The first-order chi connectivity index (χ1) is 0. The first-order valence-electron chi connectivity index (χ1n) is 0. The van der Waals surface area contributed by atoms with Crippen LogP contribution in [0.1, 0.15) is 0 Å². The molecule has 0 aliphatic rings. The largest absolute Gasteiger partial charge is 4.00 e. The van der Waals surface area contributed by atoms with Crippen molar-refractivity contribution < 1.29 is 27.2 Å². The van der Waals surface area contributed by atoms with Crippen LogP contribution in [0.4, 0.5) is 0 Å². The Morgan fingerprint density at radius 3 is 1.00 bits per heavy atom. The Bertz CT molecular complexity index is 8.00. The molecule has 0 aliphatic heterocycles. The van der Waals surface area contributed by atoms with Crippen molar-refractivity contribution >= 4 is 17.4 Å². The Morgan fingerprint density at radius 2 is 1.00 bits per heavy atom. The average Bonchev–Trinajstić information content (AvgIpc) is 0. The summed E-state index contributed by atoms with van der Waals surface area (Å²) in [7, 11) is 0. The summed E-state index contributed by atoms with van der Waals surface area (Å²) >= 11 is 0. The van der Waals surface area contributed by atoms with Crippen LogP contribution in [0, 0.1) is 7.43 Å². The molecular weight excluding hydrogens is 103 g/mol. The Morgan fingerprint density at radius 1 is 1.00 bits per heavy atom. The molecule has 0 aromatic carbocycles. The first-order valence-corrected chi connectivity index (χ1v) is 0. The van der Waals surface area contributed by atoms with E-state index in [1.807, 2.05) is 0 Å². The van der Waals surface area contributed by atoms with Gasteiger partial charge in [0.15, 0.2) is 0 Å². The second-order valence-electron chi connectivity index (χ2n) is 0. The van der Waals surface area contributed by atoms with Crippen LogP contribution >= 0.6 is 0 Å². The Hall–Kier alpha value is 1.21. The molecular formula is CAlOTi+9. The summed E-state index contributed by atoms with van der Waals surface area (Å²) < 4.78 is 0. The smallest absolute Gasteiger partial charge is 2.00 e. The summed E-state index contributed by atoms with van der Waals surface area (Å²) in [4.78, 5) is 0. The van der Waals surface area contributed by atoms with Gasteiger partial charge in [0, 0.05) is 0 Å². The molecule has 0 N–H and O–H groups in total. The Labute approximate surface area is 52.1 Å². The van der Waals surface area contributed by atoms with Gasteiger partial charge >= 0.3 is 46.5 Å². The maximum absolute atomic E-state index is 0. The maximum Gasteiger partial charge on any atom is 4.00 e. The van der Waals surface area contributed by atoms with E-state index in [1.54, 1.807) is 0 Å². The van der Waals surface area contributed by atoms with Crippen LogP contribution in [0.2, 0.25) is 0 Å². The molecule has 0 unspecified atom stereocenters. The van der Waals surface area contributed by atoms with E-state index in [-0.39, 0.29) is 52.0 Å². The van der Waals surface area contributed by atoms with Crippen molar-refractivity contribution in [3.05, 3.63) is 7.43 Å². The minimum atomic E-state index is 0. The third-order valence-corrected chi connectivity index (χ3v) is 0. The monoisotopic (exact) mass is 103 g/mol. The maximum atomic E-state index is 0. The molecule has 0 spiro atoms. The van der Waals surface area contributed by atoms with Gasteiger partial charge in [-0.1, -0.05) is 0 Å². The molecule has 3 heteroatoms. The van der Waals surface area contributed by atoms with Crippen LogP contribution in [-0.4, -0.2) is 17.4 Å². The van der Waals surface area contributed by atoms with E-state index in [0.29, 0.717) is 0 Å². The molecule has 0 aromatic rings. The molecule has 1 nitrogen and oxygen atoms in total. The zero-order chi connectivity index (χ0) is 0. The van der Waals surface area contributed by atoms with Gasteiger partial charge in [-0.2, -0.15) is 0 Å². The van der Waals surface area contributed by atoms with Crippen molar-refractivity contribution in [3.63, 3.8) is 0 Å². The fraction of sp³-hybridized carbons (Fsp3) is 0. The van der Waals surface area contributed by atoms with E-state index in [9.17, 15) is 0 Å². The molecule has 0 bridgehead atoms. The molecule has 0 heterocycles. The van der Waals surface area contributed by atoms with Crippen molar-refractivity contribution in [3.8, 4) is 0 Å². The summed E-state index contributed by atoms with van der Waals surface area (Å²) in [5.74, 6) is 0. The summed E-state index contributed by atoms with van der Waals surface area (Å²) in [5.41, 5.74) is 0. The standard InChI is InChI=1S/C.Al.O.Ti/q+4;+3;-2;+4. The molecule has 4 heavy (non-hydrogen) atoms. The Kier molecular flexibility index (Phi) is 470. The predicted octanol–water partition coefficient (Wildman–Crippen LogP) is -0.421. The first kappa shape index (κ1) is 63.3. The van der Waals surface area contributed by atoms with Crippen molar-refractivity contribution in [2.75, 3.05) is 0 Å². The van der Waals surface area contributed by atoms with Crippen LogP contribution in [0.15, 0.2) is 0 Å². The predicted molar refractivity (Wildman–Crippen MR) is 9.68 cm³/mol. The van der Waals surface area contributed by atoms with Gasteiger partial charge in [-0.3, -0.25) is 0 Å². The summed E-state index contributed by atoms with van der Waals surface area (Å²) in [5, 5.41) is 0. The molecule has 8 valence electrons. The van der Waals surface area contributed by atoms with Crippen molar-refractivity contribution in [2.45, 2.75) is 0 Å². The van der Waals surface area contributed by atoms with E-state index < -0.39 is 0 Å². The molecule has 0 amide bonds. The van der Waals surface area contributed by atoms with E-state index >= 15 is 0 Å². The fourth-order valence-electron chi connectivity index (χ4n) is 0. The molecule has 0 fully saturated rings. The van der Waals surface area contributed by atoms with Crippen LogP contribution in [0.3, 0.4) is 0 Å². The second-order valence-corrected chi connectivity index (χ2v) is 0. The van der Waals surface area contributed by atoms with Crippen LogP contribution in [-0.2, 0) is 27.2 Å². The summed E-state index contributed by atoms with van der Waals surface area (Å²) in [6.45, 7) is 0. The molecule has 0 rings (SSSR count). The van der Waals surface area contributed by atoms with Gasteiger partial charge < -0.3 is 5.48 Å².